The summed E-state index contributed by atoms with van der Waals surface area (Å²) in [5, 5.41) is 0. The number of carbonyl (C=O) groups is 1. The van der Waals surface area contributed by atoms with Crippen molar-refractivity contribution in [3.63, 3.8) is 0 Å². The van der Waals surface area contributed by atoms with E-state index < -0.39 is 5.60 Å². The van der Waals surface area contributed by atoms with Crippen LogP contribution < -0.4 is 9.47 Å². The van der Waals surface area contributed by atoms with Crippen molar-refractivity contribution in [2.24, 2.45) is 0 Å². The molecule has 0 unspecified atom stereocenters. The molecule has 0 saturated carbocycles. The minimum Gasteiger partial charge on any atom is -0.497 e. The smallest absolute Gasteiger partial charge is 0.410 e. The van der Waals surface area contributed by atoms with E-state index in [4.69, 9.17) is 14.2 Å². The highest BCUT2D eigenvalue weighted by Crippen LogP contribution is 2.26. The van der Waals surface area contributed by atoms with Crippen LogP contribution in [-0.2, 0) is 4.74 Å². The average molecular weight is 335 g/mol. The SMILES string of the molecule is CC.COc1cc(C=C2CN(C(=O)OC(C)(C)C)C2)cc(OC)c1. The summed E-state index contributed by atoms with van der Waals surface area (Å²) in [7, 11) is 3.25. The third-order valence-corrected chi connectivity index (χ3v) is 3.18. The Kier molecular flexibility index (Phi) is 7.14. The average Bonchev–Trinajstić information content (AvgIpc) is 2.50. The Morgan fingerprint density at radius 3 is 1.96 bits per heavy atom. The molecular weight excluding hydrogens is 306 g/mol. The van der Waals surface area contributed by atoms with Crippen LogP contribution in [0.2, 0.25) is 0 Å². The van der Waals surface area contributed by atoms with Gasteiger partial charge in [0.05, 0.1) is 14.2 Å². The molecule has 0 aromatic heterocycles. The van der Waals surface area contributed by atoms with Crippen molar-refractivity contribution >= 4 is 12.2 Å². The van der Waals surface area contributed by atoms with E-state index in [1.165, 1.54) is 5.57 Å². The second-order valence-corrected chi connectivity index (χ2v) is 6.28. The maximum absolute atomic E-state index is 11.9. The first-order chi connectivity index (χ1) is 11.3. The molecule has 1 heterocycles. The number of carbonyl (C=O) groups excluding carboxylic acids is 1. The number of likely N-dealkylation sites (tertiary alicyclic amines) is 1. The molecule has 1 aliphatic heterocycles. The highest BCUT2D eigenvalue weighted by Gasteiger charge is 2.29. The summed E-state index contributed by atoms with van der Waals surface area (Å²) in [5.41, 5.74) is 1.70. The molecule has 5 nitrogen and oxygen atoms in total. The molecule has 2 rings (SSSR count). The van der Waals surface area contributed by atoms with Gasteiger partial charge in [-0.2, -0.15) is 0 Å². The largest absolute Gasteiger partial charge is 0.497 e. The minimum absolute atomic E-state index is 0.270. The third kappa shape index (κ3) is 5.80. The normalized spacial score (nSPS) is 13.3. The van der Waals surface area contributed by atoms with Gasteiger partial charge in [-0.15, -0.1) is 0 Å². The maximum Gasteiger partial charge on any atom is 0.410 e. The predicted octanol–water partition coefficient (Wildman–Crippen LogP) is 4.36. The summed E-state index contributed by atoms with van der Waals surface area (Å²) < 4.78 is 15.8. The van der Waals surface area contributed by atoms with E-state index in [9.17, 15) is 4.79 Å². The molecule has 5 heteroatoms. The lowest BCUT2D eigenvalue weighted by atomic mass is 10.0. The molecule has 24 heavy (non-hydrogen) atoms. The summed E-state index contributed by atoms with van der Waals surface area (Å²) in [5.74, 6) is 1.49. The van der Waals surface area contributed by atoms with Crippen molar-refractivity contribution < 1.29 is 19.0 Å². The van der Waals surface area contributed by atoms with Gasteiger partial charge in [-0.1, -0.05) is 19.9 Å². The van der Waals surface area contributed by atoms with E-state index in [1.807, 2.05) is 58.9 Å². The Hall–Kier alpha value is -2.17. The van der Waals surface area contributed by atoms with Gasteiger partial charge in [0.25, 0.3) is 0 Å². The summed E-state index contributed by atoms with van der Waals surface area (Å²) in [6, 6.07) is 5.70. The van der Waals surface area contributed by atoms with Gasteiger partial charge in [-0.05, 0) is 44.0 Å². The monoisotopic (exact) mass is 335 g/mol. The Labute approximate surface area is 145 Å². The van der Waals surface area contributed by atoms with Crippen molar-refractivity contribution in [1.29, 1.82) is 0 Å². The van der Waals surface area contributed by atoms with Crippen molar-refractivity contribution in [2.75, 3.05) is 27.3 Å². The second kappa shape index (κ2) is 8.62. The molecule has 1 fully saturated rings. The zero-order chi connectivity index (χ0) is 18.3. The topological polar surface area (TPSA) is 48.0 Å². The van der Waals surface area contributed by atoms with Crippen molar-refractivity contribution in [3.8, 4) is 11.5 Å². The van der Waals surface area contributed by atoms with Crippen LogP contribution in [-0.4, -0.2) is 43.9 Å². The van der Waals surface area contributed by atoms with Gasteiger partial charge in [0, 0.05) is 19.2 Å². The molecular formula is C19H29NO4. The molecule has 1 aromatic rings. The van der Waals surface area contributed by atoms with Crippen LogP contribution in [0.3, 0.4) is 0 Å². The van der Waals surface area contributed by atoms with Crippen LogP contribution in [0, 0.1) is 0 Å². The molecule has 1 saturated heterocycles. The molecule has 0 bridgehead atoms. The molecule has 0 atom stereocenters. The van der Waals surface area contributed by atoms with Gasteiger partial charge in [0.1, 0.15) is 17.1 Å². The Bertz CT molecular complexity index is 557. The van der Waals surface area contributed by atoms with Gasteiger partial charge in [0.2, 0.25) is 0 Å². The molecule has 0 spiro atoms. The number of rotatable bonds is 3. The van der Waals surface area contributed by atoms with Crippen molar-refractivity contribution in [2.45, 2.75) is 40.2 Å². The summed E-state index contributed by atoms with van der Waals surface area (Å²) >= 11 is 0. The zero-order valence-electron chi connectivity index (χ0n) is 15.8. The zero-order valence-corrected chi connectivity index (χ0v) is 15.8. The first-order valence-electron chi connectivity index (χ1n) is 8.21. The minimum atomic E-state index is -0.462. The number of hydrogen-bond donors (Lipinski definition) is 0. The predicted molar refractivity (Wildman–Crippen MR) is 96.7 cm³/mol. The molecule has 0 N–H and O–H groups in total. The molecule has 0 aliphatic carbocycles. The van der Waals surface area contributed by atoms with Gasteiger partial charge in [-0.25, -0.2) is 4.79 Å². The first kappa shape index (κ1) is 19.9. The highest BCUT2D eigenvalue weighted by atomic mass is 16.6. The molecule has 1 aliphatic rings. The fourth-order valence-corrected chi connectivity index (χ4v) is 2.14. The van der Waals surface area contributed by atoms with E-state index in [2.05, 4.69) is 0 Å². The maximum atomic E-state index is 11.9. The Morgan fingerprint density at radius 1 is 1.04 bits per heavy atom. The van der Waals surface area contributed by atoms with Gasteiger partial charge < -0.3 is 19.1 Å². The molecule has 0 radical (unpaired) electrons. The van der Waals surface area contributed by atoms with Gasteiger partial charge >= 0.3 is 6.09 Å². The van der Waals surface area contributed by atoms with Crippen molar-refractivity contribution in [1.82, 2.24) is 4.90 Å². The van der Waals surface area contributed by atoms with Crippen LogP contribution in [0.25, 0.3) is 6.08 Å². The van der Waals surface area contributed by atoms with Gasteiger partial charge in [-0.3, -0.25) is 0 Å². The lowest BCUT2D eigenvalue weighted by Gasteiger charge is -2.35. The summed E-state index contributed by atoms with van der Waals surface area (Å²) in [6.07, 6.45) is 1.78. The van der Waals surface area contributed by atoms with E-state index in [0.29, 0.717) is 13.1 Å². The van der Waals surface area contributed by atoms with Crippen LogP contribution >= 0.6 is 0 Å². The summed E-state index contributed by atoms with van der Waals surface area (Å²) in [6.45, 7) is 10.8. The molecule has 1 aromatic carbocycles. The quantitative estimate of drug-likeness (QED) is 0.823. The fourth-order valence-electron chi connectivity index (χ4n) is 2.14. The second-order valence-electron chi connectivity index (χ2n) is 6.28. The number of methoxy groups -OCH3 is 2. The van der Waals surface area contributed by atoms with Crippen LogP contribution in [0.4, 0.5) is 4.79 Å². The summed E-state index contributed by atoms with van der Waals surface area (Å²) in [4.78, 5) is 13.6. The number of nitrogens with zero attached hydrogens (tertiary/aromatic N) is 1. The fraction of sp³-hybridized carbons (Fsp3) is 0.526. The molecule has 1 amide bonds. The molecule has 134 valence electrons. The van der Waals surface area contributed by atoms with Crippen LogP contribution in [0.15, 0.2) is 23.8 Å². The van der Waals surface area contributed by atoms with E-state index >= 15 is 0 Å². The van der Waals surface area contributed by atoms with E-state index in [0.717, 1.165) is 17.1 Å². The third-order valence-electron chi connectivity index (χ3n) is 3.18. The number of benzene rings is 1. The highest BCUT2D eigenvalue weighted by molar-refractivity contribution is 5.72. The van der Waals surface area contributed by atoms with Crippen LogP contribution in [0.5, 0.6) is 11.5 Å². The lowest BCUT2D eigenvalue weighted by molar-refractivity contribution is 0.0216. The number of hydrogen-bond acceptors (Lipinski definition) is 4. The first-order valence-corrected chi connectivity index (χ1v) is 8.21. The van der Waals surface area contributed by atoms with Gasteiger partial charge in [0.15, 0.2) is 0 Å². The Balaban J connectivity index is 0.00000139. The number of ether oxygens (including phenoxy) is 3. The number of amides is 1. The standard InChI is InChI=1S/C17H23NO4.C2H6/c1-17(2,3)22-16(19)18-10-13(11-18)6-12-7-14(20-4)9-15(8-12)21-5;1-2/h6-9H,10-11H2,1-5H3;1-2H3. The van der Waals surface area contributed by atoms with Crippen molar-refractivity contribution in [3.05, 3.63) is 29.3 Å². The van der Waals surface area contributed by atoms with E-state index in [1.54, 1.807) is 19.1 Å². The van der Waals surface area contributed by atoms with Crippen LogP contribution in [0.1, 0.15) is 40.2 Å². The lowest BCUT2D eigenvalue weighted by Crippen LogP contribution is -2.46. The van der Waals surface area contributed by atoms with E-state index in [-0.39, 0.29) is 6.09 Å². The Morgan fingerprint density at radius 2 is 1.54 bits per heavy atom.